The van der Waals surface area contributed by atoms with E-state index in [-0.39, 0.29) is 17.4 Å². The minimum atomic E-state index is -3.94. The predicted molar refractivity (Wildman–Crippen MR) is 107 cm³/mol. The summed E-state index contributed by atoms with van der Waals surface area (Å²) in [5.74, 6) is -1.15. The highest BCUT2D eigenvalue weighted by molar-refractivity contribution is 7.89. The first-order chi connectivity index (χ1) is 13.6. The van der Waals surface area contributed by atoms with Crippen molar-refractivity contribution < 1.29 is 27.5 Å². The van der Waals surface area contributed by atoms with Gasteiger partial charge in [-0.3, -0.25) is 9.59 Å². The molecule has 0 aliphatic rings. The van der Waals surface area contributed by atoms with Crippen molar-refractivity contribution in [1.29, 1.82) is 0 Å². The highest BCUT2D eigenvalue weighted by atomic mass is 32.2. The number of sulfonamides is 1. The average Bonchev–Trinajstić information content (AvgIpc) is 2.70. The largest absolute Gasteiger partial charge is 0.497 e. The van der Waals surface area contributed by atoms with Gasteiger partial charge in [0.25, 0.3) is 0 Å². The highest BCUT2D eigenvalue weighted by Gasteiger charge is 2.29. The van der Waals surface area contributed by atoms with Gasteiger partial charge in [-0.25, -0.2) is 8.42 Å². The molecular formula is C20H24N2O6S. The summed E-state index contributed by atoms with van der Waals surface area (Å²) in [6, 6.07) is 11.1. The molecule has 1 atom stereocenters. The second-order valence-corrected chi connectivity index (χ2v) is 8.40. The van der Waals surface area contributed by atoms with E-state index in [1.165, 1.54) is 37.4 Å². The van der Waals surface area contributed by atoms with Crippen LogP contribution in [0.15, 0.2) is 53.4 Å². The van der Waals surface area contributed by atoms with Crippen LogP contribution in [0, 0.1) is 5.92 Å². The third kappa shape index (κ3) is 6.03. The van der Waals surface area contributed by atoms with E-state index in [1.54, 1.807) is 32.0 Å². The summed E-state index contributed by atoms with van der Waals surface area (Å²) in [6.07, 6.45) is 0. The summed E-state index contributed by atoms with van der Waals surface area (Å²) in [4.78, 5) is 23.8. The van der Waals surface area contributed by atoms with Gasteiger partial charge < -0.3 is 15.2 Å². The summed E-state index contributed by atoms with van der Waals surface area (Å²) in [5.41, 5.74) is 6.09. The van der Waals surface area contributed by atoms with Gasteiger partial charge >= 0.3 is 5.97 Å². The number of amides is 1. The van der Waals surface area contributed by atoms with Crippen LogP contribution < -0.4 is 15.2 Å². The van der Waals surface area contributed by atoms with E-state index in [0.29, 0.717) is 16.9 Å². The van der Waals surface area contributed by atoms with Crippen molar-refractivity contribution in [1.82, 2.24) is 4.72 Å². The van der Waals surface area contributed by atoms with Gasteiger partial charge in [-0.05, 0) is 47.9 Å². The van der Waals surface area contributed by atoms with Crippen LogP contribution in [-0.4, -0.2) is 33.4 Å². The van der Waals surface area contributed by atoms with Crippen LogP contribution in [0.25, 0.3) is 0 Å². The number of hydrogen-bond acceptors (Lipinski definition) is 6. The first-order valence-electron chi connectivity index (χ1n) is 8.86. The quantitative estimate of drug-likeness (QED) is 0.597. The summed E-state index contributed by atoms with van der Waals surface area (Å²) in [5, 5.41) is 0. The number of carbonyl (C=O) groups is 2. The zero-order valence-electron chi connectivity index (χ0n) is 16.4. The maximum Gasteiger partial charge on any atom is 0.324 e. The van der Waals surface area contributed by atoms with Crippen molar-refractivity contribution in [3.8, 4) is 5.75 Å². The summed E-state index contributed by atoms with van der Waals surface area (Å²) < 4.78 is 37.9. The van der Waals surface area contributed by atoms with Crippen LogP contribution in [-0.2, 0) is 26.2 Å². The van der Waals surface area contributed by atoms with Gasteiger partial charge in [0.05, 0.1) is 12.0 Å². The van der Waals surface area contributed by atoms with Crippen molar-refractivity contribution in [2.24, 2.45) is 11.7 Å². The molecule has 29 heavy (non-hydrogen) atoms. The summed E-state index contributed by atoms with van der Waals surface area (Å²) in [7, 11) is -2.47. The van der Waals surface area contributed by atoms with Crippen LogP contribution in [0.3, 0.4) is 0 Å². The predicted octanol–water partition coefficient (Wildman–Crippen LogP) is 1.84. The van der Waals surface area contributed by atoms with E-state index >= 15 is 0 Å². The minimum absolute atomic E-state index is 0.00547. The van der Waals surface area contributed by atoms with Crippen LogP contribution in [0.1, 0.15) is 29.8 Å². The Morgan fingerprint density at radius 2 is 1.76 bits per heavy atom. The summed E-state index contributed by atoms with van der Waals surface area (Å²) in [6.45, 7) is 3.29. The Balaban J connectivity index is 2.10. The number of hydrogen-bond donors (Lipinski definition) is 2. The third-order valence-electron chi connectivity index (χ3n) is 4.17. The lowest BCUT2D eigenvalue weighted by Gasteiger charge is -2.21. The number of methoxy groups -OCH3 is 1. The number of rotatable bonds is 9. The van der Waals surface area contributed by atoms with Crippen molar-refractivity contribution in [2.45, 2.75) is 31.4 Å². The van der Waals surface area contributed by atoms with E-state index < -0.39 is 27.9 Å². The molecule has 0 unspecified atom stereocenters. The van der Waals surface area contributed by atoms with E-state index in [4.69, 9.17) is 15.2 Å². The monoisotopic (exact) mass is 420 g/mol. The van der Waals surface area contributed by atoms with Gasteiger partial charge in [0, 0.05) is 5.56 Å². The molecule has 0 saturated heterocycles. The van der Waals surface area contributed by atoms with E-state index in [9.17, 15) is 18.0 Å². The average molecular weight is 420 g/mol. The van der Waals surface area contributed by atoms with Gasteiger partial charge in [-0.1, -0.05) is 26.0 Å². The Hall–Kier alpha value is -2.91. The second-order valence-electron chi connectivity index (χ2n) is 6.69. The molecule has 2 aromatic rings. The highest BCUT2D eigenvalue weighted by Crippen LogP contribution is 2.17. The number of nitrogens with two attached hydrogens (primary N) is 1. The molecule has 0 aromatic heterocycles. The van der Waals surface area contributed by atoms with Gasteiger partial charge in [-0.2, -0.15) is 4.72 Å². The Kier molecular flexibility index (Phi) is 7.35. The van der Waals surface area contributed by atoms with Crippen LogP contribution >= 0.6 is 0 Å². The number of esters is 1. The van der Waals surface area contributed by atoms with Crippen molar-refractivity contribution in [3.05, 3.63) is 59.7 Å². The first-order valence-corrected chi connectivity index (χ1v) is 10.3. The van der Waals surface area contributed by atoms with Crippen LogP contribution in [0.4, 0.5) is 0 Å². The second kappa shape index (κ2) is 9.53. The molecule has 156 valence electrons. The molecule has 0 aliphatic heterocycles. The smallest absolute Gasteiger partial charge is 0.324 e. The molecule has 2 rings (SSSR count). The molecular weight excluding hydrogens is 396 g/mol. The molecule has 0 bridgehead atoms. The third-order valence-corrected chi connectivity index (χ3v) is 5.62. The first kappa shape index (κ1) is 22.4. The number of ether oxygens (including phenoxy) is 2. The number of nitrogens with one attached hydrogen (secondary N) is 1. The molecule has 0 radical (unpaired) electrons. The maximum atomic E-state index is 12.6. The Morgan fingerprint density at radius 3 is 2.31 bits per heavy atom. The molecule has 2 aromatic carbocycles. The topological polar surface area (TPSA) is 125 Å². The lowest BCUT2D eigenvalue weighted by molar-refractivity contribution is -0.148. The fraction of sp³-hybridized carbons (Fsp3) is 0.300. The van der Waals surface area contributed by atoms with E-state index in [2.05, 4.69) is 4.72 Å². The lowest BCUT2D eigenvalue weighted by Crippen LogP contribution is -2.45. The SMILES string of the molecule is COc1ccc(S(=O)(=O)N[C@H](C(=O)OCc2cccc(C(N)=O)c2)C(C)C)cc1. The van der Waals surface area contributed by atoms with Crippen molar-refractivity contribution >= 4 is 21.9 Å². The van der Waals surface area contributed by atoms with E-state index in [1.807, 2.05) is 0 Å². The molecule has 0 fully saturated rings. The molecule has 0 aliphatic carbocycles. The van der Waals surface area contributed by atoms with Gasteiger partial charge in [-0.15, -0.1) is 0 Å². The molecule has 9 heteroatoms. The summed E-state index contributed by atoms with van der Waals surface area (Å²) >= 11 is 0. The standard InChI is InChI=1S/C20H24N2O6S/c1-13(2)18(22-29(25,26)17-9-7-16(27-3)8-10-17)20(24)28-12-14-5-4-6-15(11-14)19(21)23/h4-11,13,18,22H,12H2,1-3H3,(H2,21,23)/t18-/m0/s1. The minimum Gasteiger partial charge on any atom is -0.497 e. The zero-order valence-corrected chi connectivity index (χ0v) is 17.2. The molecule has 0 saturated carbocycles. The maximum absolute atomic E-state index is 12.6. The van der Waals surface area contributed by atoms with Crippen molar-refractivity contribution in [3.63, 3.8) is 0 Å². The normalized spacial score (nSPS) is 12.4. The fourth-order valence-corrected chi connectivity index (χ4v) is 3.84. The lowest BCUT2D eigenvalue weighted by atomic mass is 10.1. The van der Waals surface area contributed by atoms with Gasteiger partial charge in [0.2, 0.25) is 15.9 Å². The van der Waals surface area contributed by atoms with Crippen LogP contribution in [0.5, 0.6) is 5.75 Å². The van der Waals surface area contributed by atoms with E-state index in [0.717, 1.165) is 0 Å². The Morgan fingerprint density at radius 1 is 1.10 bits per heavy atom. The fourth-order valence-electron chi connectivity index (χ4n) is 2.51. The van der Waals surface area contributed by atoms with Crippen LogP contribution in [0.2, 0.25) is 0 Å². The Bertz CT molecular complexity index is 971. The van der Waals surface area contributed by atoms with Gasteiger partial charge in [0.15, 0.2) is 0 Å². The number of benzene rings is 2. The number of carbonyl (C=O) groups excluding carboxylic acids is 2. The molecule has 8 nitrogen and oxygen atoms in total. The molecule has 1 amide bonds. The van der Waals surface area contributed by atoms with Crippen molar-refractivity contribution in [2.75, 3.05) is 7.11 Å². The van der Waals surface area contributed by atoms with Gasteiger partial charge in [0.1, 0.15) is 18.4 Å². The Labute approximate surface area is 170 Å². The number of primary amides is 1. The molecule has 0 heterocycles. The molecule has 3 N–H and O–H groups in total. The molecule has 0 spiro atoms. The zero-order chi connectivity index (χ0) is 21.6.